The Morgan fingerprint density at radius 1 is 1.32 bits per heavy atom. The maximum absolute atomic E-state index is 12.5. The third-order valence-electron chi connectivity index (χ3n) is 4.29. The van der Waals surface area contributed by atoms with Crippen molar-refractivity contribution in [2.75, 3.05) is 11.4 Å². The number of H-pyrrole nitrogens is 1. The van der Waals surface area contributed by atoms with Gasteiger partial charge in [-0.2, -0.15) is 0 Å². The Morgan fingerprint density at radius 2 is 2.18 bits per heavy atom. The molecule has 0 amide bonds. The predicted octanol–water partition coefficient (Wildman–Crippen LogP) is 0.923. The number of nitrogens with one attached hydrogen (secondary N) is 1. The summed E-state index contributed by atoms with van der Waals surface area (Å²) in [7, 11) is 1.76. The highest BCUT2D eigenvalue weighted by Crippen LogP contribution is 2.26. The molecule has 22 heavy (non-hydrogen) atoms. The minimum Gasteiger partial charge on any atom is -0.351 e. The molecule has 1 aliphatic heterocycles. The zero-order valence-corrected chi connectivity index (χ0v) is 12.5. The van der Waals surface area contributed by atoms with Crippen LogP contribution < -0.4 is 10.5 Å². The normalized spacial score (nSPS) is 14.4. The number of aryl methyl sites for hydroxylation is 1. The fourth-order valence-corrected chi connectivity index (χ4v) is 2.98. The summed E-state index contributed by atoms with van der Waals surface area (Å²) in [6.07, 6.45) is 4.15. The molecule has 0 bridgehead atoms. The Balaban J connectivity index is 1.81. The Hall–Kier alpha value is -2.70. The summed E-state index contributed by atoms with van der Waals surface area (Å²) in [5.74, 6) is 1.62. The number of hydrogen-bond donors (Lipinski definition) is 1. The minimum absolute atomic E-state index is 0.0339. The predicted molar refractivity (Wildman–Crippen MR) is 82.9 cm³/mol. The van der Waals surface area contributed by atoms with Crippen LogP contribution in [0.1, 0.15) is 17.1 Å². The molecule has 0 saturated heterocycles. The van der Waals surface area contributed by atoms with E-state index in [9.17, 15) is 4.79 Å². The van der Waals surface area contributed by atoms with Crippen molar-refractivity contribution in [3.05, 3.63) is 46.0 Å². The number of fused-ring (bicyclic) bond motifs is 2. The quantitative estimate of drug-likeness (QED) is 0.722. The molecule has 0 spiro atoms. The van der Waals surface area contributed by atoms with E-state index in [1.165, 1.54) is 0 Å². The third kappa shape index (κ3) is 1.82. The Bertz CT molecular complexity index is 925. The molecule has 0 unspecified atom stereocenters. The van der Waals surface area contributed by atoms with Gasteiger partial charge in [0, 0.05) is 26.2 Å². The number of aromatic amines is 1. The van der Waals surface area contributed by atoms with Crippen molar-refractivity contribution in [3.63, 3.8) is 0 Å². The van der Waals surface area contributed by atoms with Gasteiger partial charge in [-0.3, -0.25) is 9.36 Å². The highest BCUT2D eigenvalue weighted by molar-refractivity contribution is 5.87. The van der Waals surface area contributed by atoms with E-state index in [0.717, 1.165) is 46.9 Å². The van der Waals surface area contributed by atoms with Crippen LogP contribution >= 0.6 is 0 Å². The van der Waals surface area contributed by atoms with Crippen LogP contribution in [0.3, 0.4) is 0 Å². The zero-order chi connectivity index (χ0) is 15.3. The Morgan fingerprint density at radius 3 is 3.05 bits per heavy atom. The summed E-state index contributed by atoms with van der Waals surface area (Å²) >= 11 is 0. The monoisotopic (exact) mass is 296 g/mol. The minimum atomic E-state index is 0.0339. The van der Waals surface area contributed by atoms with E-state index >= 15 is 0 Å². The van der Waals surface area contributed by atoms with Crippen molar-refractivity contribution in [3.8, 4) is 0 Å². The molecule has 3 aromatic rings. The largest absolute Gasteiger partial charge is 0.351 e. The zero-order valence-electron chi connectivity index (χ0n) is 12.5. The SMILES string of the molecule is Cc1nc2c(c(=O)n1C)CN(c1ncnc3[nH]ccc13)CC2. The number of rotatable bonds is 1. The summed E-state index contributed by atoms with van der Waals surface area (Å²) in [5.41, 5.74) is 2.52. The van der Waals surface area contributed by atoms with Gasteiger partial charge in [-0.05, 0) is 13.0 Å². The van der Waals surface area contributed by atoms with Gasteiger partial charge in [0.2, 0.25) is 0 Å². The van der Waals surface area contributed by atoms with Crippen molar-refractivity contribution < 1.29 is 0 Å². The van der Waals surface area contributed by atoms with E-state index in [2.05, 4.69) is 24.8 Å². The van der Waals surface area contributed by atoms with Gasteiger partial charge in [0.1, 0.15) is 23.6 Å². The molecule has 3 aromatic heterocycles. The standard InChI is InChI=1S/C15H16N6O/c1-9-19-12-4-6-21(7-11(12)15(22)20(9)2)14-10-3-5-16-13(10)17-8-18-14/h3,5,8H,4,6-7H2,1-2H3,(H,16,17,18). The Kier molecular flexibility index (Phi) is 2.75. The van der Waals surface area contributed by atoms with E-state index in [1.54, 1.807) is 17.9 Å². The molecule has 0 radical (unpaired) electrons. The fourth-order valence-electron chi connectivity index (χ4n) is 2.98. The van der Waals surface area contributed by atoms with Gasteiger partial charge in [0.05, 0.1) is 23.2 Å². The first-order valence-corrected chi connectivity index (χ1v) is 7.23. The van der Waals surface area contributed by atoms with Gasteiger partial charge in [-0.1, -0.05) is 0 Å². The van der Waals surface area contributed by atoms with E-state index in [-0.39, 0.29) is 5.56 Å². The van der Waals surface area contributed by atoms with E-state index < -0.39 is 0 Å². The lowest BCUT2D eigenvalue weighted by Crippen LogP contribution is -2.38. The van der Waals surface area contributed by atoms with Crippen LogP contribution in [-0.4, -0.2) is 31.0 Å². The lowest BCUT2D eigenvalue weighted by atomic mass is 10.1. The van der Waals surface area contributed by atoms with Crippen molar-refractivity contribution in [1.29, 1.82) is 0 Å². The van der Waals surface area contributed by atoms with Crippen molar-refractivity contribution in [1.82, 2.24) is 24.5 Å². The number of aromatic nitrogens is 5. The Labute approximate surface area is 126 Å². The second kappa shape index (κ2) is 4.66. The van der Waals surface area contributed by atoms with Gasteiger partial charge < -0.3 is 9.88 Å². The summed E-state index contributed by atoms with van der Waals surface area (Å²) in [4.78, 5) is 30.9. The van der Waals surface area contributed by atoms with Crippen molar-refractivity contribution >= 4 is 16.9 Å². The smallest absolute Gasteiger partial charge is 0.258 e. The average Bonchev–Trinajstić information content (AvgIpc) is 3.01. The van der Waals surface area contributed by atoms with Crippen molar-refractivity contribution in [2.24, 2.45) is 7.05 Å². The molecule has 0 fully saturated rings. The molecule has 4 rings (SSSR count). The van der Waals surface area contributed by atoms with E-state index in [0.29, 0.717) is 6.54 Å². The summed E-state index contributed by atoms with van der Waals surface area (Å²) in [6, 6.07) is 1.96. The highest BCUT2D eigenvalue weighted by atomic mass is 16.1. The first-order valence-electron chi connectivity index (χ1n) is 7.23. The summed E-state index contributed by atoms with van der Waals surface area (Å²) < 4.78 is 1.61. The highest BCUT2D eigenvalue weighted by Gasteiger charge is 2.24. The molecule has 7 nitrogen and oxygen atoms in total. The van der Waals surface area contributed by atoms with Gasteiger partial charge >= 0.3 is 0 Å². The van der Waals surface area contributed by atoms with E-state index in [4.69, 9.17) is 0 Å². The van der Waals surface area contributed by atoms with Crippen LogP contribution in [0, 0.1) is 6.92 Å². The fraction of sp³-hybridized carbons (Fsp3) is 0.333. The molecule has 1 N–H and O–H groups in total. The maximum atomic E-state index is 12.5. The number of nitrogens with zero attached hydrogens (tertiary/aromatic N) is 5. The average molecular weight is 296 g/mol. The first-order chi connectivity index (χ1) is 10.6. The van der Waals surface area contributed by atoms with E-state index in [1.807, 2.05) is 19.2 Å². The lowest BCUT2D eigenvalue weighted by molar-refractivity contribution is 0.651. The second-order valence-corrected chi connectivity index (χ2v) is 5.56. The topological polar surface area (TPSA) is 79.7 Å². The number of hydrogen-bond acceptors (Lipinski definition) is 5. The van der Waals surface area contributed by atoms with Gasteiger partial charge in [-0.15, -0.1) is 0 Å². The summed E-state index contributed by atoms with van der Waals surface area (Å²) in [5, 5.41) is 0.975. The van der Waals surface area contributed by atoms with Crippen LogP contribution in [0.25, 0.3) is 11.0 Å². The van der Waals surface area contributed by atoms with Crippen molar-refractivity contribution in [2.45, 2.75) is 19.9 Å². The van der Waals surface area contributed by atoms with Crippen LogP contribution in [0.4, 0.5) is 5.82 Å². The maximum Gasteiger partial charge on any atom is 0.258 e. The molecule has 0 aromatic carbocycles. The third-order valence-corrected chi connectivity index (χ3v) is 4.29. The molecule has 1 aliphatic rings. The van der Waals surface area contributed by atoms with Gasteiger partial charge in [0.25, 0.3) is 5.56 Å². The molecule has 0 aliphatic carbocycles. The van der Waals surface area contributed by atoms with Crippen LogP contribution in [0.2, 0.25) is 0 Å². The molecule has 112 valence electrons. The number of anilines is 1. The molecule has 0 atom stereocenters. The van der Waals surface area contributed by atoms with Gasteiger partial charge in [0.15, 0.2) is 0 Å². The first kappa shape index (κ1) is 13.0. The summed E-state index contributed by atoms with van der Waals surface area (Å²) in [6.45, 7) is 3.19. The van der Waals surface area contributed by atoms with Crippen LogP contribution in [0.5, 0.6) is 0 Å². The lowest BCUT2D eigenvalue weighted by Gasteiger charge is -2.29. The van der Waals surface area contributed by atoms with Crippen LogP contribution in [-0.2, 0) is 20.0 Å². The van der Waals surface area contributed by atoms with Crippen LogP contribution in [0.15, 0.2) is 23.4 Å². The second-order valence-electron chi connectivity index (χ2n) is 5.56. The molecule has 0 saturated carbocycles. The molecule has 4 heterocycles. The van der Waals surface area contributed by atoms with Gasteiger partial charge in [-0.25, -0.2) is 15.0 Å². The molecular formula is C15H16N6O. The molecule has 7 heteroatoms. The molecular weight excluding hydrogens is 280 g/mol.